The fourth-order valence-corrected chi connectivity index (χ4v) is 14.5. The topological polar surface area (TPSA) is 201 Å². The summed E-state index contributed by atoms with van der Waals surface area (Å²) in [5, 5.41) is 9.72. The van der Waals surface area contributed by atoms with Gasteiger partial charge in [0.25, 0.3) is 0 Å². The van der Waals surface area contributed by atoms with Crippen LogP contribution in [0.5, 0.6) is 0 Å². The van der Waals surface area contributed by atoms with Crippen LogP contribution < -0.4 is 25.8 Å². The Bertz CT molecular complexity index is 3450. The highest BCUT2D eigenvalue weighted by molar-refractivity contribution is 14.1. The second kappa shape index (κ2) is 31.9. The van der Waals surface area contributed by atoms with Gasteiger partial charge in [-0.3, -0.25) is 0 Å². The Kier molecular flexibility index (Phi) is 25.9. The monoisotopic (exact) mass is 1390 g/mol. The smallest absolute Gasteiger partial charge is 0.410 e. The Hall–Kier alpha value is -5.86. The molecule has 2 atom stereocenters. The minimum Gasteiger partial charge on any atom is -0.444 e. The normalized spacial score (nSPS) is 17.2. The minimum absolute atomic E-state index is 0.0143. The van der Waals surface area contributed by atoms with Crippen molar-refractivity contribution in [2.24, 2.45) is 0 Å². The molecule has 0 bridgehead atoms. The van der Waals surface area contributed by atoms with Crippen molar-refractivity contribution in [1.29, 1.82) is 0 Å². The number of nitrogens with zero attached hydrogens (tertiary/aromatic N) is 7. The van der Waals surface area contributed by atoms with Gasteiger partial charge in [0, 0.05) is 87.8 Å². The van der Waals surface area contributed by atoms with Gasteiger partial charge in [0.15, 0.2) is 31.6 Å². The molecule has 3 N–H and O–H groups in total. The lowest BCUT2D eigenvalue weighted by Crippen LogP contribution is -2.47. The van der Waals surface area contributed by atoms with Gasteiger partial charge >= 0.3 is 12.2 Å². The maximum atomic E-state index is 15.4. The van der Waals surface area contributed by atoms with E-state index in [1.807, 2.05) is 66.8 Å². The summed E-state index contributed by atoms with van der Waals surface area (Å²) >= 11 is 1.52. The largest absolute Gasteiger partial charge is 0.444 e. The second-order valence-electron chi connectivity index (χ2n) is 24.9. The van der Waals surface area contributed by atoms with Crippen LogP contribution in [0.3, 0.4) is 0 Å². The molecule has 9 rings (SSSR count). The number of nitrogens with one attached hydrogen (secondary N) is 3. The van der Waals surface area contributed by atoms with Gasteiger partial charge < -0.3 is 44.3 Å². The average Bonchev–Trinajstić information content (AvgIpc) is 2.22. The van der Waals surface area contributed by atoms with Gasteiger partial charge in [-0.1, -0.05) is 38.8 Å². The van der Waals surface area contributed by atoms with E-state index in [0.717, 1.165) is 55.0 Å². The number of fused-ring (bicyclic) bond motifs is 2. The highest BCUT2D eigenvalue weighted by Gasteiger charge is 2.32. The predicted molar refractivity (Wildman–Crippen MR) is 354 cm³/mol. The fourth-order valence-electron chi connectivity index (χ4n) is 11.0. The number of amides is 2. The number of anilines is 3. The van der Waals surface area contributed by atoms with Crippen molar-refractivity contribution in [2.45, 2.75) is 166 Å². The predicted octanol–water partition coefficient (Wildman–Crippen LogP) is 12.2. The number of carbonyl (C=O) groups excluding carboxylic acids is 2. The van der Waals surface area contributed by atoms with Crippen LogP contribution in [0.2, 0.25) is 0 Å². The third-order valence-electron chi connectivity index (χ3n) is 15.7. The zero-order valence-electron chi connectivity index (χ0n) is 53.5. The number of ether oxygens (including phenoxy) is 2. The van der Waals surface area contributed by atoms with Crippen LogP contribution in [0.4, 0.5) is 44.5 Å². The Labute approximate surface area is 537 Å². The van der Waals surface area contributed by atoms with Crippen molar-refractivity contribution in [3.63, 3.8) is 0 Å². The van der Waals surface area contributed by atoms with Crippen LogP contribution in [0.15, 0.2) is 60.8 Å². The van der Waals surface area contributed by atoms with Crippen LogP contribution >= 0.6 is 22.6 Å². The molecule has 2 amide bonds. The number of carbonyl (C=O) groups is 2. The average molecular weight is 1390 g/mol. The summed E-state index contributed by atoms with van der Waals surface area (Å²) in [5.41, 5.74) is 1.61. The first-order valence-electron chi connectivity index (χ1n) is 30.5. The summed E-state index contributed by atoms with van der Waals surface area (Å²) in [5.74, 6) is -2.39. The zero-order valence-corrected chi connectivity index (χ0v) is 57.3. The first-order chi connectivity index (χ1) is 41.9. The number of aromatic nitrogens is 3. The van der Waals surface area contributed by atoms with E-state index < -0.39 is 59.9 Å². The Morgan fingerprint density at radius 1 is 0.663 bits per heavy atom. The molecule has 1 aliphatic carbocycles. The lowest BCUT2D eigenvalue weighted by atomic mass is 9.91. The highest BCUT2D eigenvalue weighted by Crippen LogP contribution is 2.32. The molecule has 490 valence electrons. The highest BCUT2D eigenvalue weighted by atomic mass is 127. The van der Waals surface area contributed by atoms with Crippen LogP contribution in [-0.4, -0.2) is 155 Å². The summed E-state index contributed by atoms with van der Waals surface area (Å²) in [6.45, 7) is 17.3. The van der Waals surface area contributed by atoms with Gasteiger partial charge in [-0.15, -0.1) is 4.98 Å². The molecule has 2 unspecified atom stereocenters. The van der Waals surface area contributed by atoms with Crippen molar-refractivity contribution in [2.75, 3.05) is 81.0 Å². The van der Waals surface area contributed by atoms with Gasteiger partial charge in [0.1, 0.15) is 52.2 Å². The van der Waals surface area contributed by atoms with E-state index in [9.17, 15) is 39.6 Å². The Balaban J connectivity index is 0.000000213. The van der Waals surface area contributed by atoms with E-state index in [0.29, 0.717) is 74.0 Å². The summed E-state index contributed by atoms with van der Waals surface area (Å²) in [7, 11) is 1.31. The van der Waals surface area contributed by atoms with Crippen LogP contribution in [0.1, 0.15) is 136 Å². The van der Waals surface area contributed by atoms with E-state index in [4.69, 9.17) is 14.5 Å². The molecule has 2 aromatic carbocycles. The number of sulfone groups is 2. The van der Waals surface area contributed by atoms with Crippen molar-refractivity contribution < 1.29 is 53.5 Å². The minimum atomic E-state index is -3.51. The summed E-state index contributed by atoms with van der Waals surface area (Å²) in [4.78, 5) is 41.7. The van der Waals surface area contributed by atoms with Crippen LogP contribution in [0, 0.1) is 33.0 Å². The number of piperidine rings is 2. The summed E-state index contributed by atoms with van der Waals surface area (Å²) < 4.78 is 116. The maximum Gasteiger partial charge on any atom is 0.410 e. The van der Waals surface area contributed by atoms with Crippen molar-refractivity contribution in [3.05, 3.63) is 111 Å². The number of pyridine rings is 2. The van der Waals surface area contributed by atoms with Crippen LogP contribution in [-0.2, 0) is 40.7 Å². The van der Waals surface area contributed by atoms with Gasteiger partial charge in [-0.2, -0.15) is 5.32 Å². The lowest BCUT2D eigenvalue weighted by molar-refractivity contribution is 0.0195. The number of halogens is 5. The first-order valence-corrected chi connectivity index (χ1v) is 35.2. The first kappa shape index (κ1) is 72.2. The van der Waals surface area contributed by atoms with Crippen molar-refractivity contribution >= 4 is 88.9 Å². The number of likely N-dealkylation sites (N-methyl/N-ethyl adjacent to an activating group) is 2. The number of benzene rings is 2. The molecule has 25 heteroatoms. The molecule has 2 saturated heterocycles. The molecular weight excluding hydrogens is 1300 g/mol. The molecular formula is C64H90F4IN10O8S2+. The molecule has 3 aromatic heterocycles. The molecule has 0 radical (unpaired) electrons. The third kappa shape index (κ3) is 20.6. The molecule has 3 fully saturated rings. The second-order valence-corrected chi connectivity index (χ2v) is 30.3. The van der Waals surface area contributed by atoms with Gasteiger partial charge in [0.2, 0.25) is 11.4 Å². The van der Waals surface area contributed by atoms with Crippen molar-refractivity contribution in [1.82, 2.24) is 35.0 Å². The summed E-state index contributed by atoms with van der Waals surface area (Å²) in [6, 6.07) is 15.8. The molecule has 5 aromatic rings. The molecule has 0 spiro atoms. The summed E-state index contributed by atoms with van der Waals surface area (Å²) in [6.07, 6.45) is 15.5. The molecule has 1 saturated carbocycles. The number of likely N-dealkylation sites (tertiary alicyclic amines) is 2. The fraction of sp³-hybridized carbons (Fsp3) is 0.562. The van der Waals surface area contributed by atoms with E-state index in [1.165, 1.54) is 71.2 Å². The van der Waals surface area contributed by atoms with Gasteiger partial charge in [-0.25, -0.2) is 49.0 Å². The molecule has 4 aliphatic rings. The molecule has 18 nitrogen and oxygen atoms in total. The number of hydrogen-bond acceptors (Lipinski definition) is 15. The Morgan fingerprint density at radius 2 is 1.12 bits per heavy atom. The molecule has 89 heavy (non-hydrogen) atoms. The van der Waals surface area contributed by atoms with E-state index in [-0.39, 0.29) is 55.9 Å². The van der Waals surface area contributed by atoms with E-state index in [2.05, 4.69) is 58.1 Å². The van der Waals surface area contributed by atoms with Crippen LogP contribution in [0.25, 0.3) is 22.8 Å². The van der Waals surface area contributed by atoms with Crippen molar-refractivity contribution in [3.8, 4) is 5.69 Å². The lowest BCUT2D eigenvalue weighted by Gasteiger charge is -2.37. The SMILES string of the molecule is CCCS(=O)(=O)Cc1ccc(F)c(-n2ccc3nc(N(C)C4CCN(C(=O)OC(C)(C)C)CC4)ccc32)c1F.CCCS(=O)(=O)Cc1ccc(F)c(I)c1F.CN(c1ccc2c(n1)C=[C+]N2)C1CCN(C(=O)OC(C)(C)C)CC1.CNC1CCCCC1NC. The molecule has 3 aliphatic heterocycles. The standard InChI is InChI=1S/C28H36F2N4O4S.C18H25N4O2.C10H11F2IO2S.C8H18N2/c1-6-17-39(36,37)18-19-7-8-21(29)26(25(19)30)34-16-13-22-23(34)9-10-24(31-22)32(5)20-11-14-33(15-12-20)27(35)38-28(2,3)4;1-18(2,3)24-17(23)22-11-8-13(9-12-22)21(4)16-6-5-14-15(20-16)7-10-19-14;1-2-5-16(14,15)6-7-3-4-8(11)10(13)9(7)12;1-9-7-5-3-4-6-8(7)10-2/h7-10,13,16,20H,6,11-12,14-15,17-18H2,1-5H3;5-7,13,19H,8-9,11-12H2,1-4H3;3-4H,2,5-6H2,1H3;7-10H,3-6H2,1-2H3/q;+1;;. The zero-order chi connectivity index (χ0) is 65.6. The Morgan fingerprint density at radius 3 is 1.60 bits per heavy atom. The van der Waals surface area contributed by atoms with E-state index >= 15 is 4.39 Å². The van der Waals surface area contributed by atoms with Gasteiger partial charge in [0.05, 0.1) is 37.6 Å². The quantitative estimate of drug-likeness (QED) is 0.0386. The number of hydrogen-bond donors (Lipinski definition) is 3. The maximum absolute atomic E-state index is 15.4. The van der Waals surface area contributed by atoms with E-state index in [1.54, 1.807) is 41.8 Å². The van der Waals surface area contributed by atoms with Gasteiger partial charge in [-0.05, 0) is 166 Å². The number of rotatable bonds is 15. The molecule has 6 heterocycles. The third-order valence-corrected chi connectivity index (χ3v) is 20.2.